The number of aliphatic carboxylic acids is 2. The number of carboxylic acid groups (broad SMARTS) is 2. The van der Waals surface area contributed by atoms with Crippen molar-refractivity contribution in [1.82, 2.24) is 0 Å². The third kappa shape index (κ3) is 4.30. The van der Waals surface area contributed by atoms with Crippen LogP contribution in [0.15, 0.2) is 54.6 Å². The van der Waals surface area contributed by atoms with Crippen LogP contribution in [0, 0.1) is 12.8 Å². The van der Waals surface area contributed by atoms with Crippen molar-refractivity contribution in [3.8, 4) is 0 Å². The second kappa shape index (κ2) is 7.40. The Hall–Kier alpha value is -2.88. The van der Waals surface area contributed by atoms with Crippen molar-refractivity contribution in [3.63, 3.8) is 0 Å². The van der Waals surface area contributed by atoms with Gasteiger partial charge in [0, 0.05) is 0 Å². The molecule has 2 aromatic rings. The SMILES string of the molecule is Cc1ccccc1/C=C(/c1ccccc1)C(CC(=O)O)C(=O)O. The fourth-order valence-corrected chi connectivity index (χ4v) is 2.44. The highest BCUT2D eigenvalue weighted by atomic mass is 16.4. The molecule has 2 rings (SSSR count). The minimum Gasteiger partial charge on any atom is -0.481 e. The van der Waals surface area contributed by atoms with E-state index in [0.29, 0.717) is 11.1 Å². The quantitative estimate of drug-likeness (QED) is 0.798. The summed E-state index contributed by atoms with van der Waals surface area (Å²) in [5.74, 6) is -3.38. The van der Waals surface area contributed by atoms with Crippen LogP contribution >= 0.6 is 0 Å². The highest BCUT2D eigenvalue weighted by Gasteiger charge is 2.26. The molecule has 23 heavy (non-hydrogen) atoms. The molecule has 0 aliphatic carbocycles. The number of carboxylic acids is 2. The Bertz CT molecular complexity index is 732. The van der Waals surface area contributed by atoms with Gasteiger partial charge in [-0.3, -0.25) is 9.59 Å². The van der Waals surface area contributed by atoms with Crippen molar-refractivity contribution in [3.05, 3.63) is 71.3 Å². The van der Waals surface area contributed by atoms with Crippen LogP contribution in [0.1, 0.15) is 23.1 Å². The molecule has 0 aliphatic rings. The smallest absolute Gasteiger partial charge is 0.311 e. The maximum absolute atomic E-state index is 11.6. The van der Waals surface area contributed by atoms with Crippen molar-refractivity contribution >= 4 is 23.6 Å². The van der Waals surface area contributed by atoms with Gasteiger partial charge >= 0.3 is 11.9 Å². The first-order valence-corrected chi connectivity index (χ1v) is 7.26. The fraction of sp³-hybridized carbons (Fsp3) is 0.158. The first-order chi connectivity index (χ1) is 11.0. The second-order valence-electron chi connectivity index (χ2n) is 5.31. The van der Waals surface area contributed by atoms with Crippen LogP contribution in [0.2, 0.25) is 0 Å². The number of hydrogen-bond donors (Lipinski definition) is 2. The van der Waals surface area contributed by atoms with E-state index >= 15 is 0 Å². The number of aryl methyl sites for hydroxylation is 1. The van der Waals surface area contributed by atoms with E-state index in [1.54, 1.807) is 30.3 Å². The zero-order chi connectivity index (χ0) is 16.8. The monoisotopic (exact) mass is 310 g/mol. The summed E-state index contributed by atoms with van der Waals surface area (Å²) in [6, 6.07) is 16.6. The lowest BCUT2D eigenvalue weighted by Crippen LogP contribution is -2.19. The van der Waals surface area contributed by atoms with Crippen molar-refractivity contribution in [2.24, 2.45) is 5.92 Å². The molecule has 0 aromatic heterocycles. The lowest BCUT2D eigenvalue weighted by Gasteiger charge is -2.16. The number of rotatable bonds is 6. The molecule has 4 heteroatoms. The van der Waals surface area contributed by atoms with Gasteiger partial charge in [-0.05, 0) is 29.2 Å². The molecule has 0 aliphatic heterocycles. The minimum atomic E-state index is -1.14. The maximum atomic E-state index is 11.6. The van der Waals surface area contributed by atoms with Crippen molar-refractivity contribution < 1.29 is 19.8 Å². The Balaban J connectivity index is 2.58. The summed E-state index contributed by atoms with van der Waals surface area (Å²) in [5, 5.41) is 18.6. The second-order valence-corrected chi connectivity index (χ2v) is 5.31. The van der Waals surface area contributed by atoms with Gasteiger partial charge in [0.15, 0.2) is 0 Å². The first kappa shape index (κ1) is 16.5. The van der Waals surface area contributed by atoms with Crippen molar-refractivity contribution in [2.75, 3.05) is 0 Å². The van der Waals surface area contributed by atoms with E-state index in [4.69, 9.17) is 5.11 Å². The van der Waals surface area contributed by atoms with Gasteiger partial charge < -0.3 is 10.2 Å². The molecule has 0 heterocycles. The number of carbonyl (C=O) groups is 2. The lowest BCUT2D eigenvalue weighted by molar-refractivity contribution is -0.146. The van der Waals surface area contributed by atoms with Crippen LogP contribution in [0.4, 0.5) is 0 Å². The molecule has 118 valence electrons. The average Bonchev–Trinajstić information content (AvgIpc) is 2.53. The Labute approximate surface area is 134 Å². The summed E-state index contributed by atoms with van der Waals surface area (Å²) in [4.78, 5) is 22.7. The molecule has 1 atom stereocenters. The Kier molecular flexibility index (Phi) is 5.31. The average molecular weight is 310 g/mol. The fourth-order valence-electron chi connectivity index (χ4n) is 2.44. The standard InChI is InChI=1S/C19H18O4/c1-13-7-5-6-10-15(13)11-16(14-8-3-2-4-9-14)17(19(22)23)12-18(20)21/h2-11,17H,12H2,1H3,(H,20,21)(H,22,23)/b16-11-. The Morgan fingerprint density at radius 1 is 1.00 bits per heavy atom. The van der Waals surface area contributed by atoms with Gasteiger partial charge in [0.1, 0.15) is 0 Å². The van der Waals surface area contributed by atoms with Gasteiger partial charge in [-0.25, -0.2) is 0 Å². The summed E-state index contributed by atoms with van der Waals surface area (Å²) in [5.41, 5.74) is 3.09. The predicted molar refractivity (Wildman–Crippen MR) is 88.9 cm³/mol. The number of benzene rings is 2. The molecule has 4 nitrogen and oxygen atoms in total. The molecule has 0 bridgehead atoms. The largest absolute Gasteiger partial charge is 0.481 e. The number of hydrogen-bond acceptors (Lipinski definition) is 2. The first-order valence-electron chi connectivity index (χ1n) is 7.26. The summed E-state index contributed by atoms with van der Waals surface area (Å²) in [6.45, 7) is 1.93. The lowest BCUT2D eigenvalue weighted by atomic mass is 9.88. The van der Waals surface area contributed by atoms with Crippen molar-refractivity contribution in [2.45, 2.75) is 13.3 Å². The third-order valence-electron chi connectivity index (χ3n) is 3.66. The van der Waals surface area contributed by atoms with E-state index in [1.807, 2.05) is 37.3 Å². The molecule has 2 aromatic carbocycles. The molecule has 1 unspecified atom stereocenters. The summed E-state index contributed by atoms with van der Waals surface area (Å²) in [7, 11) is 0. The Morgan fingerprint density at radius 3 is 2.17 bits per heavy atom. The van der Waals surface area contributed by atoms with Gasteiger partial charge in [-0.1, -0.05) is 60.7 Å². The molecule has 0 saturated heterocycles. The van der Waals surface area contributed by atoms with Crippen LogP contribution in [0.5, 0.6) is 0 Å². The molecular weight excluding hydrogens is 292 g/mol. The van der Waals surface area contributed by atoms with E-state index in [9.17, 15) is 14.7 Å². The minimum absolute atomic E-state index is 0.456. The van der Waals surface area contributed by atoms with Gasteiger partial charge in [0.05, 0.1) is 12.3 Å². The topological polar surface area (TPSA) is 74.6 Å². The van der Waals surface area contributed by atoms with Gasteiger partial charge in [-0.15, -0.1) is 0 Å². The van der Waals surface area contributed by atoms with Crippen LogP contribution < -0.4 is 0 Å². The van der Waals surface area contributed by atoms with E-state index in [1.165, 1.54) is 0 Å². The summed E-state index contributed by atoms with van der Waals surface area (Å²) >= 11 is 0. The molecular formula is C19H18O4. The van der Waals surface area contributed by atoms with Crippen LogP contribution in [-0.2, 0) is 9.59 Å². The van der Waals surface area contributed by atoms with E-state index < -0.39 is 24.3 Å². The predicted octanol–water partition coefficient (Wildman–Crippen LogP) is 3.71. The third-order valence-corrected chi connectivity index (χ3v) is 3.66. The molecule has 0 amide bonds. The van der Waals surface area contributed by atoms with E-state index in [2.05, 4.69) is 0 Å². The van der Waals surface area contributed by atoms with E-state index in [0.717, 1.165) is 11.1 Å². The van der Waals surface area contributed by atoms with Crippen molar-refractivity contribution in [1.29, 1.82) is 0 Å². The zero-order valence-corrected chi connectivity index (χ0v) is 12.8. The summed E-state index contributed by atoms with van der Waals surface area (Å²) in [6.07, 6.45) is 1.31. The van der Waals surface area contributed by atoms with E-state index in [-0.39, 0.29) is 0 Å². The molecule has 0 radical (unpaired) electrons. The maximum Gasteiger partial charge on any atom is 0.311 e. The van der Waals surface area contributed by atoms with Gasteiger partial charge in [0.2, 0.25) is 0 Å². The van der Waals surface area contributed by atoms with Crippen LogP contribution in [0.25, 0.3) is 11.6 Å². The molecule has 0 spiro atoms. The molecule has 2 N–H and O–H groups in total. The summed E-state index contributed by atoms with van der Waals surface area (Å²) < 4.78 is 0. The highest BCUT2D eigenvalue weighted by Crippen LogP contribution is 2.29. The molecule has 0 saturated carbocycles. The van der Waals surface area contributed by atoms with Gasteiger partial charge in [-0.2, -0.15) is 0 Å². The zero-order valence-electron chi connectivity index (χ0n) is 12.8. The highest BCUT2D eigenvalue weighted by molar-refractivity contribution is 5.96. The molecule has 0 fully saturated rings. The van der Waals surface area contributed by atoms with Crippen LogP contribution in [-0.4, -0.2) is 22.2 Å². The Morgan fingerprint density at radius 2 is 1.61 bits per heavy atom. The van der Waals surface area contributed by atoms with Gasteiger partial charge in [0.25, 0.3) is 0 Å². The van der Waals surface area contributed by atoms with Crippen LogP contribution in [0.3, 0.4) is 0 Å². The normalized spacial score (nSPS) is 12.7.